The lowest BCUT2D eigenvalue weighted by Crippen LogP contribution is -2.16. The van der Waals surface area contributed by atoms with Crippen LogP contribution in [0.3, 0.4) is 0 Å². The Morgan fingerprint density at radius 1 is 1.04 bits per heavy atom. The van der Waals surface area contributed by atoms with Gasteiger partial charge < -0.3 is 18.9 Å². The minimum Gasteiger partial charge on any atom is -0.496 e. The van der Waals surface area contributed by atoms with Crippen LogP contribution in [0.15, 0.2) is 35.3 Å². The standard InChI is InChI=1S/C21H25NO4/c1-14-11-16(12-15(2)21(14)24-4)22-19-7-8-26-20-6-5-17(13-18(19)20)25-10-9-23-3/h5-6,11-13H,7-10H2,1-4H3/b22-19+. The van der Waals surface area contributed by atoms with Gasteiger partial charge in [-0.25, -0.2) is 0 Å². The Bertz CT molecular complexity index is 791. The number of aliphatic imine (C=N–C) groups is 1. The van der Waals surface area contributed by atoms with E-state index in [0.29, 0.717) is 19.8 Å². The lowest BCUT2D eigenvalue weighted by Gasteiger charge is -2.20. The van der Waals surface area contributed by atoms with E-state index >= 15 is 0 Å². The van der Waals surface area contributed by atoms with Crippen LogP contribution in [0.2, 0.25) is 0 Å². The van der Waals surface area contributed by atoms with Crippen molar-refractivity contribution < 1.29 is 18.9 Å². The summed E-state index contributed by atoms with van der Waals surface area (Å²) in [5.41, 5.74) is 5.07. The number of fused-ring (bicyclic) bond motifs is 1. The molecule has 0 radical (unpaired) electrons. The largest absolute Gasteiger partial charge is 0.496 e. The van der Waals surface area contributed by atoms with Crippen molar-refractivity contribution in [2.45, 2.75) is 20.3 Å². The van der Waals surface area contributed by atoms with Crippen molar-refractivity contribution in [3.8, 4) is 17.2 Å². The smallest absolute Gasteiger partial charge is 0.128 e. The van der Waals surface area contributed by atoms with Crippen LogP contribution in [-0.4, -0.2) is 39.8 Å². The van der Waals surface area contributed by atoms with Gasteiger partial charge in [-0.15, -0.1) is 0 Å². The molecule has 1 aliphatic heterocycles. The minimum atomic E-state index is 0.513. The van der Waals surface area contributed by atoms with Crippen molar-refractivity contribution in [3.63, 3.8) is 0 Å². The third kappa shape index (κ3) is 3.99. The van der Waals surface area contributed by atoms with Crippen molar-refractivity contribution in [2.75, 3.05) is 34.0 Å². The Hall–Kier alpha value is -2.53. The summed E-state index contributed by atoms with van der Waals surface area (Å²) in [5.74, 6) is 2.55. The van der Waals surface area contributed by atoms with Crippen LogP contribution in [0.1, 0.15) is 23.1 Å². The van der Waals surface area contributed by atoms with E-state index in [1.807, 2.05) is 44.2 Å². The number of aryl methyl sites for hydroxylation is 2. The number of hydrogen-bond acceptors (Lipinski definition) is 5. The van der Waals surface area contributed by atoms with Crippen LogP contribution in [0, 0.1) is 13.8 Å². The van der Waals surface area contributed by atoms with Gasteiger partial charge in [0.15, 0.2) is 0 Å². The van der Waals surface area contributed by atoms with Crippen LogP contribution >= 0.6 is 0 Å². The van der Waals surface area contributed by atoms with E-state index in [9.17, 15) is 0 Å². The molecule has 0 atom stereocenters. The molecule has 26 heavy (non-hydrogen) atoms. The Balaban J connectivity index is 1.93. The summed E-state index contributed by atoms with van der Waals surface area (Å²) in [6.07, 6.45) is 0.763. The molecule has 2 aromatic carbocycles. The quantitative estimate of drug-likeness (QED) is 0.727. The Kier molecular flexibility index (Phi) is 5.78. The second-order valence-electron chi connectivity index (χ2n) is 6.27. The van der Waals surface area contributed by atoms with E-state index in [0.717, 1.165) is 51.8 Å². The number of rotatable bonds is 6. The van der Waals surface area contributed by atoms with Gasteiger partial charge in [-0.1, -0.05) is 0 Å². The third-order valence-corrected chi connectivity index (χ3v) is 4.33. The van der Waals surface area contributed by atoms with E-state index in [2.05, 4.69) is 0 Å². The zero-order chi connectivity index (χ0) is 18.5. The maximum Gasteiger partial charge on any atom is 0.128 e. The molecule has 3 rings (SSSR count). The average molecular weight is 355 g/mol. The highest BCUT2D eigenvalue weighted by Crippen LogP contribution is 2.33. The van der Waals surface area contributed by atoms with Crippen LogP contribution in [0.25, 0.3) is 0 Å². The summed E-state index contributed by atoms with van der Waals surface area (Å²) in [7, 11) is 3.36. The maximum atomic E-state index is 5.77. The van der Waals surface area contributed by atoms with Gasteiger partial charge in [0.1, 0.15) is 23.9 Å². The molecule has 0 aliphatic carbocycles. The molecule has 0 fully saturated rings. The highest BCUT2D eigenvalue weighted by atomic mass is 16.5. The first-order chi connectivity index (χ1) is 12.6. The van der Waals surface area contributed by atoms with E-state index in [4.69, 9.17) is 23.9 Å². The van der Waals surface area contributed by atoms with Crippen molar-refractivity contribution in [1.82, 2.24) is 0 Å². The van der Waals surface area contributed by atoms with Crippen molar-refractivity contribution in [1.29, 1.82) is 0 Å². The average Bonchev–Trinajstić information content (AvgIpc) is 2.62. The molecule has 1 aliphatic rings. The van der Waals surface area contributed by atoms with Gasteiger partial charge in [-0.2, -0.15) is 0 Å². The zero-order valence-electron chi connectivity index (χ0n) is 15.8. The molecule has 0 saturated carbocycles. The molecular formula is C21H25NO4. The first kappa shape index (κ1) is 18.3. The molecule has 138 valence electrons. The number of hydrogen-bond donors (Lipinski definition) is 0. The van der Waals surface area contributed by atoms with Crippen LogP contribution in [0.4, 0.5) is 5.69 Å². The fourth-order valence-corrected chi connectivity index (χ4v) is 3.17. The molecule has 2 aromatic rings. The second-order valence-corrected chi connectivity index (χ2v) is 6.27. The molecule has 0 saturated heterocycles. The normalized spacial score (nSPS) is 14.7. The first-order valence-electron chi connectivity index (χ1n) is 8.74. The van der Waals surface area contributed by atoms with Gasteiger partial charge in [-0.3, -0.25) is 4.99 Å². The van der Waals surface area contributed by atoms with E-state index in [-0.39, 0.29) is 0 Å². The van der Waals surface area contributed by atoms with Gasteiger partial charge in [-0.05, 0) is 55.3 Å². The molecule has 0 bridgehead atoms. The Labute approximate surface area is 154 Å². The summed E-state index contributed by atoms with van der Waals surface area (Å²) < 4.78 is 22.0. The van der Waals surface area contributed by atoms with Gasteiger partial charge in [0.05, 0.1) is 31.7 Å². The lowest BCUT2D eigenvalue weighted by atomic mass is 10.0. The molecular weight excluding hydrogens is 330 g/mol. The third-order valence-electron chi connectivity index (χ3n) is 4.33. The predicted molar refractivity (Wildman–Crippen MR) is 103 cm³/mol. The monoisotopic (exact) mass is 355 g/mol. The molecule has 0 aromatic heterocycles. The van der Waals surface area contributed by atoms with Crippen LogP contribution < -0.4 is 14.2 Å². The van der Waals surface area contributed by atoms with Crippen molar-refractivity contribution >= 4 is 11.4 Å². The molecule has 5 nitrogen and oxygen atoms in total. The van der Waals surface area contributed by atoms with Gasteiger partial charge in [0.2, 0.25) is 0 Å². The number of benzene rings is 2. The highest BCUT2D eigenvalue weighted by molar-refractivity contribution is 6.05. The summed E-state index contributed by atoms with van der Waals surface area (Å²) in [6, 6.07) is 9.95. The molecule has 0 amide bonds. The minimum absolute atomic E-state index is 0.513. The summed E-state index contributed by atoms with van der Waals surface area (Å²) in [5, 5.41) is 0. The van der Waals surface area contributed by atoms with Crippen LogP contribution in [-0.2, 0) is 4.74 Å². The van der Waals surface area contributed by atoms with Gasteiger partial charge in [0, 0.05) is 19.1 Å². The predicted octanol–water partition coefficient (Wildman–Crippen LogP) is 4.24. The van der Waals surface area contributed by atoms with Gasteiger partial charge >= 0.3 is 0 Å². The lowest BCUT2D eigenvalue weighted by molar-refractivity contribution is 0.146. The SMILES string of the molecule is COCCOc1ccc2c(c1)/C(=N/c1cc(C)c(OC)c(C)c1)CCO2. The summed E-state index contributed by atoms with van der Waals surface area (Å²) >= 11 is 0. The first-order valence-corrected chi connectivity index (χ1v) is 8.74. The molecule has 0 unspecified atom stereocenters. The molecule has 5 heteroatoms. The van der Waals surface area contributed by atoms with Crippen LogP contribution in [0.5, 0.6) is 17.2 Å². The van der Waals surface area contributed by atoms with E-state index in [1.54, 1.807) is 14.2 Å². The summed E-state index contributed by atoms with van der Waals surface area (Å²) in [4.78, 5) is 4.89. The Morgan fingerprint density at radius 3 is 2.50 bits per heavy atom. The number of ether oxygens (including phenoxy) is 4. The topological polar surface area (TPSA) is 49.3 Å². The highest BCUT2D eigenvalue weighted by Gasteiger charge is 2.18. The second kappa shape index (κ2) is 8.23. The summed E-state index contributed by atoms with van der Waals surface area (Å²) in [6.45, 7) is 5.77. The molecule has 0 spiro atoms. The Morgan fingerprint density at radius 2 is 1.81 bits per heavy atom. The molecule has 0 N–H and O–H groups in total. The van der Waals surface area contributed by atoms with E-state index < -0.39 is 0 Å². The van der Waals surface area contributed by atoms with E-state index in [1.165, 1.54) is 0 Å². The fourth-order valence-electron chi connectivity index (χ4n) is 3.17. The number of methoxy groups -OCH3 is 2. The number of nitrogens with zero attached hydrogens (tertiary/aromatic N) is 1. The molecule has 1 heterocycles. The van der Waals surface area contributed by atoms with Crippen molar-refractivity contribution in [2.24, 2.45) is 4.99 Å². The zero-order valence-corrected chi connectivity index (χ0v) is 15.8. The fraction of sp³-hybridized carbons (Fsp3) is 0.381. The van der Waals surface area contributed by atoms with Crippen molar-refractivity contribution in [3.05, 3.63) is 47.0 Å². The maximum absolute atomic E-state index is 5.77. The van der Waals surface area contributed by atoms with Gasteiger partial charge in [0.25, 0.3) is 0 Å².